The molecule has 0 aliphatic carbocycles. The molecule has 0 saturated heterocycles. The zero-order valence-corrected chi connectivity index (χ0v) is 8.01. The van der Waals surface area contributed by atoms with Crippen molar-refractivity contribution in [3.05, 3.63) is 12.2 Å². The van der Waals surface area contributed by atoms with Crippen LogP contribution in [0.5, 0.6) is 0 Å². The molecule has 0 aromatic carbocycles. The molecule has 0 aromatic rings. The lowest BCUT2D eigenvalue weighted by atomic mass is 10.3. The summed E-state index contributed by atoms with van der Waals surface area (Å²) in [5.74, 6) is 0. The Kier molecular flexibility index (Phi) is 7.05. The van der Waals surface area contributed by atoms with Crippen molar-refractivity contribution < 1.29 is 9.47 Å². The van der Waals surface area contributed by atoms with Crippen molar-refractivity contribution in [2.24, 2.45) is 5.73 Å². The highest BCUT2D eigenvalue weighted by Gasteiger charge is 2.01. The lowest BCUT2D eigenvalue weighted by Crippen LogP contribution is -2.19. The summed E-state index contributed by atoms with van der Waals surface area (Å²) < 4.78 is 10.6. The zero-order chi connectivity index (χ0) is 9.40. The first-order chi connectivity index (χ1) is 5.70. The van der Waals surface area contributed by atoms with E-state index in [2.05, 4.69) is 6.58 Å². The van der Waals surface area contributed by atoms with Crippen LogP contribution in [0.3, 0.4) is 0 Å². The molecular formula is C9H19NO2. The van der Waals surface area contributed by atoms with E-state index in [0.29, 0.717) is 19.8 Å². The Bertz CT molecular complexity index is 126. The molecular weight excluding hydrogens is 154 g/mol. The van der Waals surface area contributed by atoms with Crippen LogP contribution in [0.2, 0.25) is 0 Å². The van der Waals surface area contributed by atoms with Crippen molar-refractivity contribution in [3.8, 4) is 0 Å². The molecule has 0 aliphatic heterocycles. The number of hydrogen-bond acceptors (Lipinski definition) is 3. The van der Waals surface area contributed by atoms with Gasteiger partial charge >= 0.3 is 0 Å². The smallest absolute Gasteiger partial charge is 0.0784 e. The van der Waals surface area contributed by atoms with Gasteiger partial charge in [-0.1, -0.05) is 6.58 Å². The predicted molar refractivity (Wildman–Crippen MR) is 50.1 cm³/mol. The maximum absolute atomic E-state index is 5.39. The van der Waals surface area contributed by atoms with Gasteiger partial charge in [0.15, 0.2) is 0 Å². The molecule has 1 unspecified atom stereocenters. The predicted octanol–water partition coefficient (Wildman–Crippen LogP) is 0.943. The van der Waals surface area contributed by atoms with Crippen LogP contribution in [0.4, 0.5) is 0 Å². The van der Waals surface area contributed by atoms with E-state index in [9.17, 15) is 0 Å². The first-order valence-corrected chi connectivity index (χ1v) is 4.26. The Balaban J connectivity index is 3.30. The Labute approximate surface area is 74.5 Å². The molecule has 3 heteroatoms. The fourth-order valence-corrected chi connectivity index (χ4v) is 0.651. The lowest BCUT2D eigenvalue weighted by Gasteiger charge is -2.13. The van der Waals surface area contributed by atoms with Gasteiger partial charge in [0.1, 0.15) is 0 Å². The van der Waals surface area contributed by atoms with E-state index in [1.165, 1.54) is 0 Å². The van der Waals surface area contributed by atoms with Gasteiger partial charge in [0.05, 0.1) is 19.3 Å². The second kappa shape index (κ2) is 7.28. The summed E-state index contributed by atoms with van der Waals surface area (Å²) in [5, 5.41) is 0. The summed E-state index contributed by atoms with van der Waals surface area (Å²) in [5.41, 5.74) is 6.26. The van der Waals surface area contributed by atoms with Crippen LogP contribution in [-0.4, -0.2) is 32.5 Å². The number of nitrogens with two attached hydrogens (primary N) is 1. The average molecular weight is 173 g/mol. The van der Waals surface area contributed by atoms with Crippen molar-refractivity contribution in [2.75, 3.05) is 26.4 Å². The highest BCUT2D eigenvalue weighted by Crippen LogP contribution is 1.95. The van der Waals surface area contributed by atoms with E-state index in [1.807, 2.05) is 13.8 Å². The minimum absolute atomic E-state index is 0.119. The molecule has 0 rings (SSSR count). The Hall–Kier alpha value is -0.380. The maximum Gasteiger partial charge on any atom is 0.0784 e. The molecule has 0 saturated carbocycles. The summed E-state index contributed by atoms with van der Waals surface area (Å²) in [7, 11) is 0. The third-order valence-corrected chi connectivity index (χ3v) is 1.42. The average Bonchev–Trinajstić information content (AvgIpc) is 2.10. The van der Waals surface area contributed by atoms with Crippen LogP contribution >= 0.6 is 0 Å². The summed E-state index contributed by atoms with van der Waals surface area (Å²) in [6.45, 7) is 10.1. The molecule has 0 aromatic heterocycles. The van der Waals surface area contributed by atoms with Gasteiger partial charge in [0, 0.05) is 13.2 Å². The van der Waals surface area contributed by atoms with Crippen LogP contribution in [0.15, 0.2) is 12.2 Å². The highest BCUT2D eigenvalue weighted by atomic mass is 16.5. The third-order valence-electron chi connectivity index (χ3n) is 1.42. The minimum atomic E-state index is 0.119. The molecule has 0 heterocycles. The monoisotopic (exact) mass is 173 g/mol. The van der Waals surface area contributed by atoms with Crippen LogP contribution < -0.4 is 5.73 Å². The minimum Gasteiger partial charge on any atom is -0.379 e. The lowest BCUT2D eigenvalue weighted by molar-refractivity contribution is 0.00585. The van der Waals surface area contributed by atoms with E-state index in [-0.39, 0.29) is 6.10 Å². The Morgan fingerprint density at radius 3 is 2.75 bits per heavy atom. The Morgan fingerprint density at radius 2 is 2.25 bits per heavy atom. The van der Waals surface area contributed by atoms with E-state index in [1.54, 1.807) is 0 Å². The van der Waals surface area contributed by atoms with Crippen LogP contribution in [0.1, 0.15) is 13.8 Å². The fourth-order valence-electron chi connectivity index (χ4n) is 0.651. The second-order valence-corrected chi connectivity index (χ2v) is 2.74. The first-order valence-electron chi connectivity index (χ1n) is 4.26. The standard InChI is InChI=1S/C9H19NO2/c1-4-11-7-9(3)12-6-8(2)5-10/h9H,2,4-7,10H2,1,3H3. The molecule has 0 spiro atoms. The number of hydrogen-bond donors (Lipinski definition) is 1. The van der Waals surface area contributed by atoms with E-state index in [0.717, 1.165) is 12.2 Å². The molecule has 12 heavy (non-hydrogen) atoms. The SMILES string of the molecule is C=C(CN)COC(C)COCC. The van der Waals surface area contributed by atoms with Crippen molar-refractivity contribution >= 4 is 0 Å². The molecule has 3 nitrogen and oxygen atoms in total. The van der Waals surface area contributed by atoms with E-state index in [4.69, 9.17) is 15.2 Å². The second-order valence-electron chi connectivity index (χ2n) is 2.74. The molecule has 2 N–H and O–H groups in total. The van der Waals surface area contributed by atoms with Crippen LogP contribution in [-0.2, 0) is 9.47 Å². The molecule has 0 aliphatic rings. The summed E-state index contributed by atoms with van der Waals surface area (Å²) in [4.78, 5) is 0. The molecule has 0 amide bonds. The van der Waals surface area contributed by atoms with Gasteiger partial charge in [-0.05, 0) is 19.4 Å². The zero-order valence-electron chi connectivity index (χ0n) is 8.01. The van der Waals surface area contributed by atoms with Gasteiger partial charge in [-0.15, -0.1) is 0 Å². The summed E-state index contributed by atoms with van der Waals surface area (Å²) in [6.07, 6.45) is 0.119. The van der Waals surface area contributed by atoms with E-state index < -0.39 is 0 Å². The fraction of sp³-hybridized carbons (Fsp3) is 0.778. The number of rotatable bonds is 7. The molecule has 0 bridgehead atoms. The normalized spacial score (nSPS) is 12.9. The largest absolute Gasteiger partial charge is 0.379 e. The van der Waals surface area contributed by atoms with Gasteiger partial charge in [-0.2, -0.15) is 0 Å². The van der Waals surface area contributed by atoms with Crippen LogP contribution in [0, 0.1) is 0 Å². The van der Waals surface area contributed by atoms with E-state index >= 15 is 0 Å². The molecule has 0 radical (unpaired) electrons. The van der Waals surface area contributed by atoms with Crippen molar-refractivity contribution in [1.29, 1.82) is 0 Å². The molecule has 0 fully saturated rings. The number of ether oxygens (including phenoxy) is 2. The maximum atomic E-state index is 5.39. The van der Waals surface area contributed by atoms with Crippen LogP contribution in [0.25, 0.3) is 0 Å². The topological polar surface area (TPSA) is 44.5 Å². The van der Waals surface area contributed by atoms with Gasteiger partial charge in [0.2, 0.25) is 0 Å². The van der Waals surface area contributed by atoms with Gasteiger partial charge in [0.25, 0.3) is 0 Å². The van der Waals surface area contributed by atoms with Gasteiger partial charge in [-0.25, -0.2) is 0 Å². The third kappa shape index (κ3) is 6.34. The van der Waals surface area contributed by atoms with Gasteiger partial charge in [-0.3, -0.25) is 0 Å². The molecule has 1 atom stereocenters. The van der Waals surface area contributed by atoms with Crippen molar-refractivity contribution in [3.63, 3.8) is 0 Å². The van der Waals surface area contributed by atoms with Crippen molar-refractivity contribution in [1.82, 2.24) is 0 Å². The van der Waals surface area contributed by atoms with Crippen molar-refractivity contribution in [2.45, 2.75) is 20.0 Å². The molecule has 72 valence electrons. The summed E-state index contributed by atoms with van der Waals surface area (Å²) >= 11 is 0. The van der Waals surface area contributed by atoms with Gasteiger partial charge < -0.3 is 15.2 Å². The first kappa shape index (κ1) is 11.6. The quantitative estimate of drug-likeness (QED) is 0.583. The highest BCUT2D eigenvalue weighted by molar-refractivity contribution is 4.95. The Morgan fingerprint density at radius 1 is 1.58 bits per heavy atom. The summed E-state index contributed by atoms with van der Waals surface area (Å²) in [6, 6.07) is 0.